The van der Waals surface area contributed by atoms with Gasteiger partial charge in [0.1, 0.15) is 0 Å². The van der Waals surface area contributed by atoms with Gasteiger partial charge in [-0.1, -0.05) is 24.3 Å². The molecule has 0 aromatic carbocycles. The Morgan fingerprint density at radius 2 is 1.29 bits per heavy atom. The van der Waals surface area contributed by atoms with Gasteiger partial charge in [0.25, 0.3) is 0 Å². The molecule has 0 saturated heterocycles. The van der Waals surface area contributed by atoms with Crippen molar-refractivity contribution in [2.24, 2.45) is 0 Å². The molecule has 0 heterocycles. The summed E-state index contributed by atoms with van der Waals surface area (Å²) in [5, 5.41) is 0. The van der Waals surface area contributed by atoms with Crippen LogP contribution in [0, 0.1) is 0 Å². The number of hydrogen-bond acceptors (Lipinski definition) is 0. The molecular formula is C13H17Ir. The Hall–Kier alpha value is -0.391. The van der Waals surface area contributed by atoms with Gasteiger partial charge in [0.05, 0.1) is 0 Å². The van der Waals surface area contributed by atoms with Crippen LogP contribution < -0.4 is 0 Å². The van der Waals surface area contributed by atoms with Crippen LogP contribution in [0.2, 0.25) is 0 Å². The molecule has 0 spiro atoms. The summed E-state index contributed by atoms with van der Waals surface area (Å²) in [6.07, 6.45) is 21.6. The van der Waals surface area contributed by atoms with Crippen molar-refractivity contribution < 1.29 is 18.9 Å². The molecular weight excluding hydrogens is 348 g/mol. The maximum absolute atomic E-state index is 2.27. The Balaban J connectivity index is 0.000000146. The summed E-state index contributed by atoms with van der Waals surface area (Å²) < 4.78 is 1.47. The van der Waals surface area contributed by atoms with E-state index in [1.807, 2.05) is 0 Å². The molecule has 0 nitrogen and oxygen atoms in total. The molecule has 78 valence electrons. The van der Waals surface area contributed by atoms with E-state index in [9.17, 15) is 0 Å². The quantitative estimate of drug-likeness (QED) is 0.568. The molecule has 0 aromatic rings. The van der Waals surface area contributed by atoms with E-state index in [0.29, 0.717) is 0 Å². The predicted octanol–water partition coefficient (Wildman–Crippen LogP) is 4.05. The third-order valence-corrected chi connectivity index (χ3v) is 2.93. The first-order valence-electron chi connectivity index (χ1n) is 5.18. The monoisotopic (exact) mass is 366 g/mol. The fourth-order valence-electron chi connectivity index (χ4n) is 1.27. The molecule has 0 radical (unpaired) electrons. The van der Waals surface area contributed by atoms with E-state index in [4.69, 9.17) is 0 Å². The Morgan fingerprint density at radius 1 is 0.786 bits per heavy atom. The second-order valence-electron chi connectivity index (χ2n) is 3.31. The molecule has 1 heteroatoms. The van der Waals surface area contributed by atoms with E-state index < -0.39 is 0 Å². The molecule has 14 heavy (non-hydrogen) atoms. The standard InChI is InChI=1S/C8H12.C5H5.Ir/c1-2-4-6-8-7-5-3-1;1-2-4-5-3-1;/h1-2,7-8H,3-6H2;1-3H,4H2;/b2-1-,8-7-;;. The van der Waals surface area contributed by atoms with Crippen LogP contribution in [-0.4, -0.2) is 0 Å². The first-order chi connectivity index (χ1) is 6.89. The van der Waals surface area contributed by atoms with Gasteiger partial charge in [-0.2, -0.15) is 0 Å². The Bertz CT molecular complexity index is 230. The van der Waals surface area contributed by atoms with Crippen molar-refractivity contribution in [3.8, 4) is 0 Å². The topological polar surface area (TPSA) is 0 Å². The van der Waals surface area contributed by atoms with Crippen LogP contribution in [0.15, 0.2) is 46.6 Å². The minimum atomic E-state index is 1.17. The molecule has 0 fully saturated rings. The molecule has 0 amide bonds. The normalized spacial score (nSPS) is 24.0. The van der Waals surface area contributed by atoms with Gasteiger partial charge in [-0.3, -0.25) is 0 Å². The summed E-state index contributed by atoms with van der Waals surface area (Å²) in [4.78, 5) is 0. The van der Waals surface area contributed by atoms with Crippen molar-refractivity contribution >= 4 is 0 Å². The molecule has 0 bridgehead atoms. The van der Waals surface area contributed by atoms with Gasteiger partial charge in [0.15, 0.2) is 0 Å². The number of hydrogen-bond donors (Lipinski definition) is 0. The van der Waals surface area contributed by atoms with Crippen LogP contribution in [0.25, 0.3) is 0 Å². The van der Waals surface area contributed by atoms with Crippen LogP contribution in [0.1, 0.15) is 32.1 Å². The average molecular weight is 365 g/mol. The molecule has 0 aromatic heterocycles. The second-order valence-corrected chi connectivity index (χ2v) is 4.85. The number of rotatable bonds is 0. The van der Waals surface area contributed by atoms with E-state index in [1.54, 1.807) is 0 Å². The first-order valence-corrected chi connectivity index (χ1v) is 6.38. The van der Waals surface area contributed by atoms with Crippen LogP contribution in [0.5, 0.6) is 0 Å². The van der Waals surface area contributed by atoms with Gasteiger partial charge in [0, 0.05) is 0 Å². The Kier molecular flexibility index (Phi) is 6.64. The van der Waals surface area contributed by atoms with Crippen LogP contribution in [-0.2, 0) is 18.9 Å². The van der Waals surface area contributed by atoms with Gasteiger partial charge in [-0.25, -0.2) is 0 Å². The Morgan fingerprint density at radius 3 is 1.50 bits per heavy atom. The van der Waals surface area contributed by atoms with E-state index in [-0.39, 0.29) is 0 Å². The molecule has 2 aliphatic rings. The molecule has 0 aliphatic heterocycles. The van der Waals surface area contributed by atoms with Gasteiger partial charge in [-0.15, -0.1) is 0 Å². The molecule has 2 aliphatic carbocycles. The van der Waals surface area contributed by atoms with Crippen molar-refractivity contribution in [3.05, 3.63) is 46.6 Å². The summed E-state index contributed by atoms with van der Waals surface area (Å²) in [5.41, 5.74) is 0. The zero-order valence-electron chi connectivity index (χ0n) is 8.41. The fourth-order valence-corrected chi connectivity index (χ4v) is 1.78. The third kappa shape index (κ3) is 6.12. The van der Waals surface area contributed by atoms with E-state index in [2.05, 4.69) is 61.4 Å². The average Bonchev–Trinajstić information content (AvgIpc) is 2.55. The first kappa shape index (κ1) is 11.7. The zero-order valence-corrected chi connectivity index (χ0v) is 10.8. The zero-order chi connectivity index (χ0) is 10.1. The summed E-state index contributed by atoms with van der Waals surface area (Å²) in [5.74, 6) is 0. The van der Waals surface area contributed by atoms with E-state index in [1.165, 1.54) is 36.2 Å². The van der Waals surface area contributed by atoms with Gasteiger partial charge in [-0.05, 0) is 25.7 Å². The summed E-state index contributed by atoms with van der Waals surface area (Å²) in [6, 6.07) is 0. The second kappa shape index (κ2) is 7.96. The fraction of sp³-hybridized carbons (Fsp3) is 0.385. The molecule has 2 rings (SSSR count). The van der Waals surface area contributed by atoms with Gasteiger partial charge >= 0.3 is 47.6 Å². The molecule has 0 unspecified atom stereocenters. The van der Waals surface area contributed by atoms with Crippen molar-refractivity contribution in [2.45, 2.75) is 32.1 Å². The van der Waals surface area contributed by atoms with E-state index >= 15 is 0 Å². The maximum atomic E-state index is 2.27. The predicted molar refractivity (Wildman–Crippen MR) is 58.6 cm³/mol. The summed E-state index contributed by atoms with van der Waals surface area (Å²) >= 11 is 2.14. The van der Waals surface area contributed by atoms with Crippen molar-refractivity contribution in [2.75, 3.05) is 0 Å². The van der Waals surface area contributed by atoms with E-state index in [0.717, 1.165) is 0 Å². The van der Waals surface area contributed by atoms with Crippen LogP contribution in [0.3, 0.4) is 0 Å². The molecule has 0 saturated carbocycles. The summed E-state index contributed by atoms with van der Waals surface area (Å²) in [6.45, 7) is 0. The molecule has 0 atom stereocenters. The summed E-state index contributed by atoms with van der Waals surface area (Å²) in [7, 11) is 0. The van der Waals surface area contributed by atoms with Crippen LogP contribution >= 0.6 is 0 Å². The van der Waals surface area contributed by atoms with Crippen molar-refractivity contribution in [3.63, 3.8) is 0 Å². The number of allylic oxidation sites excluding steroid dienone is 8. The Labute approximate surface area is 97.6 Å². The van der Waals surface area contributed by atoms with Gasteiger partial charge < -0.3 is 0 Å². The van der Waals surface area contributed by atoms with Gasteiger partial charge in [0.2, 0.25) is 0 Å². The van der Waals surface area contributed by atoms with Crippen molar-refractivity contribution in [1.82, 2.24) is 0 Å². The van der Waals surface area contributed by atoms with Crippen LogP contribution in [0.4, 0.5) is 0 Å². The molecule has 0 N–H and O–H groups in total. The minimum absolute atomic E-state index is 1.17. The third-order valence-electron chi connectivity index (χ3n) is 2.04. The SMILES string of the molecule is C1=C\CC/C=C\CC/1.[Ir][C]1=CC=CC1. The van der Waals surface area contributed by atoms with Crippen molar-refractivity contribution in [1.29, 1.82) is 0 Å².